The summed E-state index contributed by atoms with van der Waals surface area (Å²) in [5.74, 6) is 0.917. The molecule has 3 rings (SSSR count). The van der Waals surface area contributed by atoms with Gasteiger partial charge in [-0.3, -0.25) is 14.9 Å². The molecule has 0 radical (unpaired) electrons. The van der Waals surface area contributed by atoms with Crippen molar-refractivity contribution < 1.29 is 9.72 Å². The van der Waals surface area contributed by atoms with Crippen molar-refractivity contribution in [3.05, 3.63) is 34.4 Å². The number of aromatic nitrogens is 4. The Labute approximate surface area is 167 Å². The van der Waals surface area contributed by atoms with Crippen molar-refractivity contribution in [3.8, 4) is 5.69 Å². The molecule has 0 N–H and O–H groups in total. The van der Waals surface area contributed by atoms with Crippen molar-refractivity contribution in [2.75, 3.05) is 12.8 Å². The van der Waals surface area contributed by atoms with Gasteiger partial charge in [0.2, 0.25) is 11.1 Å². The zero-order valence-corrected chi connectivity index (χ0v) is 16.7. The molecule has 1 saturated carbocycles. The van der Waals surface area contributed by atoms with Gasteiger partial charge in [0.15, 0.2) is 0 Å². The summed E-state index contributed by atoms with van der Waals surface area (Å²) in [5.41, 5.74) is 0.679. The second-order valence-electron chi connectivity index (χ2n) is 6.90. The number of hydrogen-bond acceptors (Lipinski definition) is 7. The molecule has 1 amide bonds. The second-order valence-corrected chi connectivity index (χ2v) is 7.96. The number of hydrogen-bond donors (Lipinski definition) is 0. The minimum Gasteiger partial charge on any atom is -0.343 e. The van der Waals surface area contributed by atoms with Crippen LogP contribution in [0.3, 0.4) is 0 Å². The first kappa shape index (κ1) is 20.2. The molecule has 1 heterocycles. The predicted molar refractivity (Wildman–Crippen MR) is 105 cm³/mol. The summed E-state index contributed by atoms with van der Waals surface area (Å²) >= 11 is 1.47. The van der Waals surface area contributed by atoms with Gasteiger partial charge in [-0.25, -0.2) is 0 Å². The van der Waals surface area contributed by atoms with E-state index >= 15 is 0 Å². The van der Waals surface area contributed by atoms with Crippen LogP contribution in [-0.4, -0.2) is 54.8 Å². The molecule has 1 fully saturated rings. The van der Waals surface area contributed by atoms with Gasteiger partial charge in [-0.2, -0.15) is 4.68 Å². The molecule has 0 unspecified atom stereocenters. The fourth-order valence-corrected chi connectivity index (χ4v) is 4.21. The Kier molecular flexibility index (Phi) is 6.96. The van der Waals surface area contributed by atoms with E-state index in [9.17, 15) is 14.9 Å². The Balaban J connectivity index is 1.48. The van der Waals surface area contributed by atoms with Crippen LogP contribution in [0.5, 0.6) is 0 Å². The molecule has 0 atom stereocenters. The van der Waals surface area contributed by atoms with Gasteiger partial charge in [0, 0.05) is 37.4 Å². The number of nitrogens with zero attached hydrogens (tertiary/aromatic N) is 6. The Morgan fingerprint density at radius 1 is 1.29 bits per heavy atom. The van der Waals surface area contributed by atoms with E-state index in [2.05, 4.69) is 15.5 Å². The molecule has 1 aromatic heterocycles. The van der Waals surface area contributed by atoms with Crippen LogP contribution in [0.1, 0.15) is 44.9 Å². The second kappa shape index (κ2) is 9.63. The SMILES string of the molecule is CN(C(=O)CCCSc1nnnn1-c1ccc([N+](=O)[O-])cc1)C1CCCCC1. The number of nitro groups is 1. The summed E-state index contributed by atoms with van der Waals surface area (Å²) in [6, 6.07) is 6.46. The monoisotopic (exact) mass is 404 g/mol. The summed E-state index contributed by atoms with van der Waals surface area (Å²) in [6.45, 7) is 0. The maximum atomic E-state index is 12.4. The fraction of sp³-hybridized carbons (Fsp3) is 0.556. The van der Waals surface area contributed by atoms with Gasteiger partial charge in [0.25, 0.3) is 5.69 Å². The number of nitro benzene ring substituents is 1. The topological polar surface area (TPSA) is 107 Å². The molecule has 0 bridgehead atoms. The highest BCUT2D eigenvalue weighted by molar-refractivity contribution is 7.99. The molecule has 1 aliphatic carbocycles. The number of benzene rings is 1. The van der Waals surface area contributed by atoms with Crippen LogP contribution in [0, 0.1) is 10.1 Å². The molecule has 0 saturated heterocycles. The predicted octanol–water partition coefficient (Wildman–Crippen LogP) is 3.23. The average molecular weight is 404 g/mol. The van der Waals surface area contributed by atoms with Crippen molar-refractivity contribution in [1.82, 2.24) is 25.1 Å². The van der Waals surface area contributed by atoms with Crippen LogP contribution < -0.4 is 0 Å². The summed E-state index contributed by atoms with van der Waals surface area (Å²) in [7, 11) is 1.92. The van der Waals surface area contributed by atoms with Gasteiger partial charge in [-0.1, -0.05) is 31.0 Å². The van der Waals surface area contributed by atoms with Crippen LogP contribution in [-0.2, 0) is 4.79 Å². The number of rotatable bonds is 8. The van der Waals surface area contributed by atoms with Gasteiger partial charge in [-0.15, -0.1) is 5.10 Å². The Morgan fingerprint density at radius 2 is 2.00 bits per heavy atom. The van der Waals surface area contributed by atoms with E-state index in [1.807, 2.05) is 11.9 Å². The summed E-state index contributed by atoms with van der Waals surface area (Å²) in [6.07, 6.45) is 7.18. The molecular weight excluding hydrogens is 380 g/mol. The van der Waals surface area contributed by atoms with E-state index in [1.54, 1.807) is 16.8 Å². The average Bonchev–Trinajstić information content (AvgIpc) is 3.19. The molecule has 0 aliphatic heterocycles. The van der Waals surface area contributed by atoms with Gasteiger partial charge in [0.1, 0.15) is 0 Å². The molecule has 150 valence electrons. The number of tetrazole rings is 1. The van der Waals surface area contributed by atoms with Crippen molar-refractivity contribution in [2.45, 2.75) is 56.1 Å². The van der Waals surface area contributed by atoms with Crippen molar-refractivity contribution in [1.29, 1.82) is 0 Å². The summed E-state index contributed by atoms with van der Waals surface area (Å²) < 4.78 is 1.55. The Bertz CT molecular complexity index is 804. The van der Waals surface area contributed by atoms with Gasteiger partial charge in [0.05, 0.1) is 10.6 Å². The smallest absolute Gasteiger partial charge is 0.269 e. The van der Waals surface area contributed by atoms with Gasteiger partial charge >= 0.3 is 0 Å². The fourth-order valence-electron chi connectivity index (χ4n) is 3.38. The normalized spacial score (nSPS) is 14.8. The van der Waals surface area contributed by atoms with Gasteiger partial charge in [-0.05, 0) is 41.8 Å². The highest BCUT2D eigenvalue weighted by atomic mass is 32.2. The number of amides is 1. The molecular formula is C18H24N6O3S. The maximum absolute atomic E-state index is 12.4. The third-order valence-corrected chi connectivity index (χ3v) is 6.03. The largest absolute Gasteiger partial charge is 0.343 e. The van der Waals surface area contributed by atoms with Crippen LogP contribution in [0.25, 0.3) is 5.69 Å². The first-order valence-electron chi connectivity index (χ1n) is 9.48. The van der Waals surface area contributed by atoms with Crippen molar-refractivity contribution >= 4 is 23.4 Å². The molecule has 28 heavy (non-hydrogen) atoms. The number of carbonyl (C=O) groups excluding carboxylic acids is 1. The van der Waals surface area contributed by atoms with Crippen LogP contribution >= 0.6 is 11.8 Å². The minimum atomic E-state index is -0.444. The van der Waals surface area contributed by atoms with E-state index < -0.39 is 4.92 Å². The zero-order chi connectivity index (χ0) is 19.9. The Morgan fingerprint density at radius 3 is 2.68 bits per heavy atom. The quantitative estimate of drug-likeness (QED) is 0.288. The molecule has 1 aromatic carbocycles. The van der Waals surface area contributed by atoms with E-state index in [0.717, 1.165) is 25.0 Å². The number of non-ortho nitro benzene ring substituents is 1. The molecule has 2 aromatic rings. The third-order valence-electron chi connectivity index (χ3n) is 5.03. The van der Waals surface area contributed by atoms with Crippen molar-refractivity contribution in [2.24, 2.45) is 0 Å². The minimum absolute atomic E-state index is 0.0200. The van der Waals surface area contributed by atoms with Crippen LogP contribution in [0.2, 0.25) is 0 Å². The van der Waals surface area contributed by atoms with E-state index in [4.69, 9.17) is 0 Å². The molecule has 9 nitrogen and oxygen atoms in total. The lowest BCUT2D eigenvalue weighted by molar-refractivity contribution is -0.384. The lowest BCUT2D eigenvalue weighted by Crippen LogP contribution is -2.38. The highest BCUT2D eigenvalue weighted by Gasteiger charge is 2.21. The van der Waals surface area contributed by atoms with Crippen LogP contribution in [0.4, 0.5) is 5.69 Å². The van der Waals surface area contributed by atoms with Gasteiger partial charge < -0.3 is 4.90 Å². The lowest BCUT2D eigenvalue weighted by atomic mass is 9.94. The van der Waals surface area contributed by atoms with E-state index in [-0.39, 0.29) is 11.6 Å². The molecule has 0 spiro atoms. The number of thioether (sulfide) groups is 1. The zero-order valence-electron chi connectivity index (χ0n) is 15.9. The highest BCUT2D eigenvalue weighted by Crippen LogP contribution is 2.24. The lowest BCUT2D eigenvalue weighted by Gasteiger charge is -2.31. The number of carbonyl (C=O) groups is 1. The molecule has 1 aliphatic rings. The van der Waals surface area contributed by atoms with E-state index in [0.29, 0.717) is 23.3 Å². The van der Waals surface area contributed by atoms with Crippen molar-refractivity contribution in [3.63, 3.8) is 0 Å². The maximum Gasteiger partial charge on any atom is 0.269 e. The first-order chi connectivity index (χ1) is 13.6. The summed E-state index contributed by atoms with van der Waals surface area (Å²) in [4.78, 5) is 24.6. The standard InChI is InChI=1S/C18H24N6O3S/c1-22(14-6-3-2-4-7-14)17(25)8-5-13-28-18-19-20-21-23(18)15-9-11-16(12-10-15)24(26)27/h9-12,14H,2-8,13H2,1H3. The van der Waals surface area contributed by atoms with E-state index in [1.165, 1.54) is 43.2 Å². The Hall–Kier alpha value is -2.49. The third kappa shape index (κ3) is 5.06. The van der Waals surface area contributed by atoms with Crippen LogP contribution in [0.15, 0.2) is 29.4 Å². The first-order valence-corrected chi connectivity index (χ1v) is 10.5. The molecule has 10 heteroatoms. The summed E-state index contributed by atoms with van der Waals surface area (Å²) in [5, 5.41) is 23.0.